The van der Waals surface area contributed by atoms with Crippen molar-refractivity contribution in [2.45, 2.75) is 50.9 Å². The van der Waals surface area contributed by atoms with Crippen LogP contribution in [-0.2, 0) is 0 Å². The second-order valence-electron chi connectivity index (χ2n) is 8.64. The SMILES string of the molecule is C[C@H](CC1CCC(c2ccc(-c3cc(F)c(F)c(F)c3)cc2)CC1)c1ccccc1. The van der Waals surface area contributed by atoms with E-state index in [1.807, 2.05) is 24.3 Å². The summed E-state index contributed by atoms with van der Waals surface area (Å²) in [5.74, 6) is -1.85. The van der Waals surface area contributed by atoms with Crippen molar-refractivity contribution in [1.29, 1.82) is 0 Å². The van der Waals surface area contributed by atoms with E-state index in [-0.39, 0.29) is 0 Å². The molecule has 3 aromatic carbocycles. The average Bonchev–Trinajstić information content (AvgIpc) is 2.78. The zero-order valence-corrected chi connectivity index (χ0v) is 17.3. The van der Waals surface area contributed by atoms with Gasteiger partial charge in [0.05, 0.1) is 0 Å². The van der Waals surface area contributed by atoms with Crippen LogP contribution in [0.15, 0.2) is 66.7 Å². The van der Waals surface area contributed by atoms with E-state index < -0.39 is 17.5 Å². The number of hydrogen-bond donors (Lipinski definition) is 0. The first-order valence-electron chi connectivity index (χ1n) is 10.8. The lowest BCUT2D eigenvalue weighted by atomic mass is 9.75. The molecule has 0 heterocycles. The first kappa shape index (κ1) is 20.7. The topological polar surface area (TPSA) is 0 Å². The number of hydrogen-bond acceptors (Lipinski definition) is 0. The van der Waals surface area contributed by atoms with Crippen LogP contribution < -0.4 is 0 Å². The van der Waals surface area contributed by atoms with Gasteiger partial charge in [0.25, 0.3) is 0 Å². The molecule has 0 radical (unpaired) electrons. The van der Waals surface area contributed by atoms with Crippen molar-refractivity contribution >= 4 is 0 Å². The van der Waals surface area contributed by atoms with Crippen LogP contribution in [0.5, 0.6) is 0 Å². The predicted octanol–water partition coefficient (Wildman–Crippen LogP) is 8.24. The molecule has 4 rings (SSSR count). The van der Waals surface area contributed by atoms with E-state index in [1.165, 1.54) is 43.2 Å². The van der Waals surface area contributed by atoms with Crippen molar-refractivity contribution < 1.29 is 13.2 Å². The lowest BCUT2D eigenvalue weighted by Crippen LogP contribution is -2.15. The third-order valence-electron chi connectivity index (χ3n) is 6.60. The van der Waals surface area contributed by atoms with Crippen LogP contribution in [0.3, 0.4) is 0 Å². The summed E-state index contributed by atoms with van der Waals surface area (Å²) in [7, 11) is 0. The number of rotatable bonds is 5. The Morgan fingerprint density at radius 1 is 0.767 bits per heavy atom. The van der Waals surface area contributed by atoms with Gasteiger partial charge >= 0.3 is 0 Å². The third-order valence-corrected chi connectivity index (χ3v) is 6.60. The first-order chi connectivity index (χ1) is 14.5. The average molecular weight is 409 g/mol. The van der Waals surface area contributed by atoms with Crippen molar-refractivity contribution in [1.82, 2.24) is 0 Å². The predicted molar refractivity (Wildman–Crippen MR) is 116 cm³/mol. The van der Waals surface area contributed by atoms with Gasteiger partial charge in [0, 0.05) is 0 Å². The quantitative estimate of drug-likeness (QED) is 0.373. The normalized spacial score (nSPS) is 20.1. The van der Waals surface area contributed by atoms with E-state index >= 15 is 0 Å². The minimum atomic E-state index is -1.42. The zero-order chi connectivity index (χ0) is 21.1. The first-order valence-corrected chi connectivity index (χ1v) is 10.8. The van der Waals surface area contributed by atoms with Crippen LogP contribution in [-0.4, -0.2) is 0 Å². The summed E-state index contributed by atoms with van der Waals surface area (Å²) in [5, 5.41) is 0. The van der Waals surface area contributed by atoms with Gasteiger partial charge in [-0.1, -0.05) is 61.5 Å². The smallest absolute Gasteiger partial charge is 0.194 e. The summed E-state index contributed by atoms with van der Waals surface area (Å²) in [5.41, 5.74) is 3.75. The molecule has 0 spiro atoms. The molecule has 0 unspecified atom stereocenters. The van der Waals surface area contributed by atoms with Crippen LogP contribution in [0.4, 0.5) is 13.2 Å². The maximum Gasteiger partial charge on any atom is 0.194 e. The summed E-state index contributed by atoms with van der Waals surface area (Å²) >= 11 is 0. The summed E-state index contributed by atoms with van der Waals surface area (Å²) in [6.07, 6.45) is 6.05. The minimum Gasteiger partial charge on any atom is -0.204 e. The Bertz CT molecular complexity index is 948. The highest BCUT2D eigenvalue weighted by molar-refractivity contribution is 5.64. The largest absolute Gasteiger partial charge is 0.204 e. The Morgan fingerprint density at radius 2 is 1.37 bits per heavy atom. The highest BCUT2D eigenvalue weighted by Crippen LogP contribution is 2.40. The fourth-order valence-corrected chi connectivity index (χ4v) is 4.82. The van der Waals surface area contributed by atoms with Crippen molar-refractivity contribution in [2.75, 3.05) is 0 Å². The highest BCUT2D eigenvalue weighted by atomic mass is 19.2. The molecule has 1 fully saturated rings. The lowest BCUT2D eigenvalue weighted by molar-refractivity contribution is 0.297. The Kier molecular flexibility index (Phi) is 6.26. The molecule has 3 aromatic rings. The summed E-state index contributed by atoms with van der Waals surface area (Å²) in [6, 6.07) is 20.7. The minimum absolute atomic E-state index is 0.358. The fourth-order valence-electron chi connectivity index (χ4n) is 4.82. The standard InChI is InChI=1S/C27H27F3/c1-18(20-5-3-2-4-6-20)15-19-7-9-21(10-8-19)22-11-13-23(14-12-22)24-16-25(28)27(30)26(29)17-24/h2-6,11-14,16-19,21H,7-10,15H2,1H3/t18-,19?,21?/m1/s1. The molecule has 0 aromatic heterocycles. The Labute approximate surface area is 176 Å². The van der Waals surface area contributed by atoms with Crippen molar-refractivity contribution in [3.8, 4) is 11.1 Å². The fraction of sp³-hybridized carbons (Fsp3) is 0.333. The molecule has 0 aliphatic heterocycles. The molecule has 0 bridgehead atoms. The van der Waals surface area contributed by atoms with Crippen LogP contribution in [0, 0.1) is 23.4 Å². The van der Waals surface area contributed by atoms with Crippen molar-refractivity contribution in [3.05, 3.63) is 95.3 Å². The van der Waals surface area contributed by atoms with Gasteiger partial charge in [-0.05, 0) is 84.2 Å². The second kappa shape index (κ2) is 9.07. The van der Waals surface area contributed by atoms with Crippen LogP contribution in [0.25, 0.3) is 11.1 Å². The maximum absolute atomic E-state index is 13.5. The third kappa shape index (κ3) is 4.61. The van der Waals surface area contributed by atoms with Crippen LogP contribution in [0.1, 0.15) is 62.0 Å². The molecule has 3 heteroatoms. The molecule has 0 nitrogen and oxygen atoms in total. The van der Waals surface area contributed by atoms with E-state index in [0.29, 0.717) is 23.0 Å². The molecular formula is C27H27F3. The van der Waals surface area contributed by atoms with Gasteiger partial charge in [-0.2, -0.15) is 0 Å². The van der Waals surface area contributed by atoms with E-state index in [9.17, 15) is 13.2 Å². The molecule has 156 valence electrons. The van der Waals surface area contributed by atoms with Gasteiger partial charge in [-0.3, -0.25) is 0 Å². The lowest BCUT2D eigenvalue weighted by Gasteiger charge is -2.30. The molecule has 1 aliphatic rings. The highest BCUT2D eigenvalue weighted by Gasteiger charge is 2.24. The summed E-state index contributed by atoms with van der Waals surface area (Å²) in [6.45, 7) is 2.32. The molecule has 1 saturated carbocycles. The number of halogens is 3. The van der Waals surface area contributed by atoms with Gasteiger partial charge in [0.1, 0.15) is 0 Å². The molecular weight excluding hydrogens is 381 g/mol. The van der Waals surface area contributed by atoms with Crippen molar-refractivity contribution in [3.63, 3.8) is 0 Å². The van der Waals surface area contributed by atoms with Crippen molar-refractivity contribution in [2.24, 2.45) is 5.92 Å². The monoisotopic (exact) mass is 408 g/mol. The molecule has 0 N–H and O–H groups in total. The molecule has 0 amide bonds. The molecule has 0 saturated heterocycles. The molecule has 1 atom stereocenters. The van der Waals surface area contributed by atoms with Gasteiger partial charge in [-0.25, -0.2) is 13.2 Å². The zero-order valence-electron chi connectivity index (χ0n) is 17.3. The molecule has 30 heavy (non-hydrogen) atoms. The Morgan fingerprint density at radius 3 is 1.97 bits per heavy atom. The maximum atomic E-state index is 13.5. The second-order valence-corrected chi connectivity index (χ2v) is 8.64. The molecule has 1 aliphatic carbocycles. The number of benzene rings is 3. The van der Waals surface area contributed by atoms with E-state index in [4.69, 9.17) is 0 Å². The summed E-state index contributed by atoms with van der Waals surface area (Å²) < 4.78 is 40.2. The Balaban J connectivity index is 1.36. The summed E-state index contributed by atoms with van der Waals surface area (Å²) in [4.78, 5) is 0. The van der Waals surface area contributed by atoms with Gasteiger partial charge in [0.15, 0.2) is 17.5 Å². The van der Waals surface area contributed by atoms with Gasteiger partial charge in [-0.15, -0.1) is 0 Å². The van der Waals surface area contributed by atoms with Gasteiger partial charge < -0.3 is 0 Å². The van der Waals surface area contributed by atoms with E-state index in [0.717, 1.165) is 18.1 Å². The van der Waals surface area contributed by atoms with E-state index in [2.05, 4.69) is 37.3 Å². The van der Waals surface area contributed by atoms with Gasteiger partial charge in [0.2, 0.25) is 0 Å². The van der Waals surface area contributed by atoms with Crippen LogP contribution >= 0.6 is 0 Å². The Hall–Kier alpha value is -2.55. The van der Waals surface area contributed by atoms with Crippen LogP contribution in [0.2, 0.25) is 0 Å². The van der Waals surface area contributed by atoms with E-state index in [1.54, 1.807) is 0 Å².